The average molecular weight is 190 g/mol. The molecular formula is C11H14N2O. The minimum absolute atomic E-state index is 0.314. The van der Waals surface area contributed by atoms with Crippen LogP contribution in [0.2, 0.25) is 0 Å². The van der Waals surface area contributed by atoms with E-state index in [9.17, 15) is 4.91 Å². The summed E-state index contributed by atoms with van der Waals surface area (Å²) < 4.78 is 0. The number of nitroso groups, excluding NO2 is 1. The van der Waals surface area contributed by atoms with Gasteiger partial charge in [-0.1, -0.05) is 6.07 Å². The Kier molecular flexibility index (Phi) is 2.79. The first kappa shape index (κ1) is 10.6. The van der Waals surface area contributed by atoms with Crippen molar-refractivity contribution in [3.05, 3.63) is 34.2 Å². The Morgan fingerprint density at radius 2 is 2.00 bits per heavy atom. The number of hydrogen-bond acceptors (Lipinski definition) is 3. The highest BCUT2D eigenvalue weighted by atomic mass is 16.3. The third kappa shape index (κ3) is 1.87. The average Bonchev–Trinajstić information content (AvgIpc) is 2.17. The Morgan fingerprint density at radius 3 is 2.43 bits per heavy atom. The molecule has 0 saturated carbocycles. The number of aliphatic imine (C=N–C) groups is 1. The molecule has 0 saturated heterocycles. The highest BCUT2D eigenvalue weighted by Gasteiger charge is 2.19. The van der Waals surface area contributed by atoms with Crippen LogP contribution >= 0.6 is 0 Å². The van der Waals surface area contributed by atoms with Crippen LogP contribution < -0.4 is 0 Å². The monoisotopic (exact) mass is 190 g/mol. The van der Waals surface area contributed by atoms with E-state index in [1.54, 1.807) is 12.1 Å². The molecule has 0 bridgehead atoms. The molecule has 0 amide bonds. The maximum atomic E-state index is 10.3. The molecule has 0 aliphatic carbocycles. The SMILES string of the molecule is C=NC(C)(C)c1ccc(N=O)cc1C. The summed E-state index contributed by atoms with van der Waals surface area (Å²) in [6, 6.07) is 5.33. The van der Waals surface area contributed by atoms with E-state index in [1.807, 2.05) is 26.8 Å². The predicted molar refractivity (Wildman–Crippen MR) is 59.2 cm³/mol. The van der Waals surface area contributed by atoms with E-state index in [0.717, 1.165) is 11.1 Å². The summed E-state index contributed by atoms with van der Waals surface area (Å²) in [5.74, 6) is 0. The van der Waals surface area contributed by atoms with E-state index >= 15 is 0 Å². The van der Waals surface area contributed by atoms with Crippen LogP contribution in [0.25, 0.3) is 0 Å². The van der Waals surface area contributed by atoms with Crippen LogP contribution in [0.5, 0.6) is 0 Å². The summed E-state index contributed by atoms with van der Waals surface area (Å²) in [6.45, 7) is 9.46. The van der Waals surface area contributed by atoms with Crippen molar-refractivity contribution in [2.75, 3.05) is 0 Å². The van der Waals surface area contributed by atoms with Crippen LogP contribution in [0.4, 0.5) is 5.69 Å². The van der Waals surface area contributed by atoms with Gasteiger partial charge in [-0.05, 0) is 55.9 Å². The lowest BCUT2D eigenvalue weighted by Crippen LogP contribution is -2.14. The first-order valence-corrected chi connectivity index (χ1v) is 4.43. The van der Waals surface area contributed by atoms with Crippen LogP contribution in [-0.2, 0) is 5.54 Å². The lowest BCUT2D eigenvalue weighted by molar-refractivity contribution is 0.559. The van der Waals surface area contributed by atoms with Crippen molar-refractivity contribution in [3.63, 3.8) is 0 Å². The van der Waals surface area contributed by atoms with Gasteiger partial charge < -0.3 is 0 Å². The second-order valence-corrected chi connectivity index (χ2v) is 3.81. The molecule has 0 aliphatic heterocycles. The molecule has 0 aliphatic rings. The van der Waals surface area contributed by atoms with E-state index < -0.39 is 0 Å². The molecule has 74 valence electrons. The lowest BCUT2D eigenvalue weighted by Gasteiger charge is -2.21. The summed E-state index contributed by atoms with van der Waals surface area (Å²) >= 11 is 0. The van der Waals surface area contributed by atoms with E-state index in [1.165, 1.54) is 0 Å². The summed E-state index contributed by atoms with van der Waals surface area (Å²) in [4.78, 5) is 14.4. The van der Waals surface area contributed by atoms with Gasteiger partial charge in [0.25, 0.3) is 0 Å². The number of nitrogens with zero attached hydrogens (tertiary/aromatic N) is 2. The minimum Gasteiger partial charge on any atom is -0.290 e. The van der Waals surface area contributed by atoms with Gasteiger partial charge in [0.15, 0.2) is 0 Å². The summed E-state index contributed by atoms with van der Waals surface area (Å²) in [5, 5.41) is 2.88. The molecule has 0 unspecified atom stereocenters. The molecule has 1 aromatic rings. The molecule has 0 spiro atoms. The number of hydrogen-bond donors (Lipinski definition) is 0. The number of rotatable bonds is 3. The van der Waals surface area contributed by atoms with Crippen LogP contribution in [0.3, 0.4) is 0 Å². The Balaban J connectivity index is 3.24. The van der Waals surface area contributed by atoms with E-state index in [-0.39, 0.29) is 5.54 Å². The van der Waals surface area contributed by atoms with Crippen molar-refractivity contribution in [1.82, 2.24) is 0 Å². The molecule has 14 heavy (non-hydrogen) atoms. The zero-order valence-corrected chi connectivity index (χ0v) is 8.74. The van der Waals surface area contributed by atoms with Gasteiger partial charge >= 0.3 is 0 Å². The molecule has 0 atom stereocenters. The molecule has 0 radical (unpaired) electrons. The molecule has 0 N–H and O–H groups in total. The van der Waals surface area contributed by atoms with Gasteiger partial charge in [-0.15, -0.1) is 4.91 Å². The van der Waals surface area contributed by atoms with Gasteiger partial charge in [0.2, 0.25) is 0 Å². The predicted octanol–water partition coefficient (Wildman–Crippen LogP) is 3.33. The highest BCUT2D eigenvalue weighted by Crippen LogP contribution is 2.29. The third-order valence-corrected chi connectivity index (χ3v) is 2.37. The Morgan fingerprint density at radius 1 is 1.36 bits per heavy atom. The highest BCUT2D eigenvalue weighted by molar-refractivity contribution is 5.46. The lowest BCUT2D eigenvalue weighted by atomic mass is 9.91. The van der Waals surface area contributed by atoms with Crippen molar-refractivity contribution in [2.24, 2.45) is 10.2 Å². The minimum atomic E-state index is -0.314. The summed E-state index contributed by atoms with van der Waals surface area (Å²) in [5.41, 5.74) is 2.22. The third-order valence-electron chi connectivity index (χ3n) is 2.37. The number of benzene rings is 1. The standard InChI is InChI=1S/C11H14N2O/c1-8-7-9(13-14)5-6-10(8)11(2,3)12-4/h5-7H,4H2,1-3H3. The number of aryl methyl sites for hydroxylation is 1. The molecule has 3 nitrogen and oxygen atoms in total. The van der Waals surface area contributed by atoms with E-state index in [0.29, 0.717) is 5.69 Å². The fourth-order valence-electron chi connectivity index (χ4n) is 1.48. The molecular weight excluding hydrogens is 176 g/mol. The normalized spacial score (nSPS) is 11.1. The molecule has 1 rings (SSSR count). The molecule has 0 fully saturated rings. The quantitative estimate of drug-likeness (QED) is 0.532. The topological polar surface area (TPSA) is 41.8 Å². The largest absolute Gasteiger partial charge is 0.290 e. The maximum Gasteiger partial charge on any atom is 0.108 e. The summed E-state index contributed by atoms with van der Waals surface area (Å²) in [7, 11) is 0. The van der Waals surface area contributed by atoms with E-state index in [2.05, 4.69) is 16.9 Å². The van der Waals surface area contributed by atoms with Gasteiger partial charge in [-0.25, -0.2) is 0 Å². The first-order chi connectivity index (χ1) is 6.51. The second-order valence-electron chi connectivity index (χ2n) is 3.81. The molecule has 0 heterocycles. The van der Waals surface area contributed by atoms with Gasteiger partial charge in [-0.3, -0.25) is 4.99 Å². The van der Waals surface area contributed by atoms with Gasteiger partial charge in [-0.2, -0.15) is 0 Å². The van der Waals surface area contributed by atoms with Crippen LogP contribution in [-0.4, -0.2) is 6.72 Å². The Labute approximate surface area is 83.8 Å². The molecule has 3 heteroatoms. The van der Waals surface area contributed by atoms with E-state index in [4.69, 9.17) is 0 Å². The van der Waals surface area contributed by atoms with Crippen molar-refractivity contribution in [1.29, 1.82) is 0 Å². The van der Waals surface area contributed by atoms with Gasteiger partial charge in [0.1, 0.15) is 5.69 Å². The zero-order valence-electron chi connectivity index (χ0n) is 8.74. The van der Waals surface area contributed by atoms with Crippen molar-refractivity contribution in [3.8, 4) is 0 Å². The Hall–Kier alpha value is -1.51. The van der Waals surface area contributed by atoms with Gasteiger partial charge in [0, 0.05) is 0 Å². The fourth-order valence-corrected chi connectivity index (χ4v) is 1.48. The van der Waals surface area contributed by atoms with Crippen molar-refractivity contribution in [2.45, 2.75) is 26.3 Å². The second kappa shape index (κ2) is 3.70. The van der Waals surface area contributed by atoms with Crippen molar-refractivity contribution < 1.29 is 0 Å². The molecule has 0 aromatic heterocycles. The van der Waals surface area contributed by atoms with Crippen molar-refractivity contribution >= 4 is 12.4 Å². The summed E-state index contributed by atoms with van der Waals surface area (Å²) in [6.07, 6.45) is 0. The Bertz CT molecular complexity index is 370. The fraction of sp³-hybridized carbons (Fsp3) is 0.364. The first-order valence-electron chi connectivity index (χ1n) is 4.43. The van der Waals surface area contributed by atoms with Crippen LogP contribution in [0.15, 0.2) is 28.4 Å². The smallest absolute Gasteiger partial charge is 0.108 e. The van der Waals surface area contributed by atoms with Gasteiger partial charge in [0.05, 0.1) is 5.54 Å². The zero-order chi connectivity index (χ0) is 10.8. The van der Waals surface area contributed by atoms with Crippen LogP contribution in [0.1, 0.15) is 25.0 Å². The van der Waals surface area contributed by atoms with Crippen LogP contribution in [0, 0.1) is 11.8 Å². The maximum absolute atomic E-state index is 10.3. The molecule has 1 aromatic carbocycles.